The number of carbonyl (C=O) groups excluding carboxylic acids is 1. The predicted octanol–water partition coefficient (Wildman–Crippen LogP) is 5.53. The fourth-order valence-corrected chi connectivity index (χ4v) is 2.12. The highest BCUT2D eigenvalue weighted by Gasteiger charge is 2.30. The average Bonchev–Trinajstić information content (AvgIpc) is 2.69. The highest BCUT2D eigenvalue weighted by molar-refractivity contribution is 6.08. The smallest absolute Gasteiger partial charge is 0.289 e. The monoisotopic (exact) mass is 373 g/mol. The molecule has 0 fully saturated rings. The van der Waals surface area contributed by atoms with E-state index in [4.69, 9.17) is 0 Å². The molecule has 27 heavy (non-hydrogen) atoms. The molecule has 3 aromatic carbocycles. The number of nitrogens with zero attached hydrogens (tertiary/aromatic N) is 1. The second-order valence-corrected chi connectivity index (χ2v) is 5.36. The minimum absolute atomic E-state index is 0.137. The summed E-state index contributed by atoms with van der Waals surface area (Å²) in [6.45, 7) is 0. The van der Waals surface area contributed by atoms with E-state index in [1.165, 1.54) is 24.3 Å². The largest absolute Gasteiger partial charge is 0.416 e. The number of alkyl halides is 3. The summed E-state index contributed by atoms with van der Waals surface area (Å²) in [5.41, 5.74) is 0.0797. The van der Waals surface area contributed by atoms with Crippen LogP contribution in [0.4, 0.5) is 18.9 Å². The molecular formula is C20H14F3NO3. The van der Waals surface area contributed by atoms with Crippen molar-refractivity contribution in [3.05, 3.63) is 112 Å². The Morgan fingerprint density at radius 1 is 0.741 bits per heavy atom. The van der Waals surface area contributed by atoms with E-state index in [-0.39, 0.29) is 17.0 Å². The van der Waals surface area contributed by atoms with Gasteiger partial charge in [-0.1, -0.05) is 60.7 Å². The number of hydrogen-bond donors (Lipinski definition) is 0. The molecule has 0 bridgehead atoms. The van der Waals surface area contributed by atoms with Crippen molar-refractivity contribution in [1.29, 1.82) is 0 Å². The second-order valence-electron chi connectivity index (χ2n) is 5.36. The summed E-state index contributed by atoms with van der Waals surface area (Å²) in [7, 11) is 0. The maximum Gasteiger partial charge on any atom is 0.416 e. The van der Waals surface area contributed by atoms with Crippen LogP contribution in [0.15, 0.2) is 84.9 Å². The van der Waals surface area contributed by atoms with E-state index in [9.17, 15) is 28.1 Å². The van der Waals surface area contributed by atoms with E-state index in [1.807, 2.05) is 0 Å². The van der Waals surface area contributed by atoms with Crippen molar-refractivity contribution in [1.82, 2.24) is 0 Å². The van der Waals surface area contributed by atoms with Crippen molar-refractivity contribution in [2.75, 3.05) is 0 Å². The third kappa shape index (κ3) is 5.78. The number of nitro benzene ring substituents is 1. The number of ketones is 1. The molecule has 4 nitrogen and oxygen atoms in total. The van der Waals surface area contributed by atoms with Crippen LogP contribution in [0, 0.1) is 10.1 Å². The number of nitro groups is 1. The molecule has 0 aromatic heterocycles. The summed E-state index contributed by atoms with van der Waals surface area (Å²) in [5, 5.41) is 10.0. The topological polar surface area (TPSA) is 60.2 Å². The van der Waals surface area contributed by atoms with Crippen LogP contribution in [-0.2, 0) is 6.18 Å². The first-order chi connectivity index (χ1) is 12.8. The fourth-order valence-electron chi connectivity index (χ4n) is 2.12. The van der Waals surface area contributed by atoms with Crippen LogP contribution in [-0.4, -0.2) is 10.7 Å². The Hall–Kier alpha value is -3.48. The van der Waals surface area contributed by atoms with Gasteiger partial charge < -0.3 is 0 Å². The van der Waals surface area contributed by atoms with Crippen LogP contribution in [0.1, 0.15) is 21.5 Å². The van der Waals surface area contributed by atoms with E-state index >= 15 is 0 Å². The van der Waals surface area contributed by atoms with Crippen LogP contribution >= 0.6 is 0 Å². The van der Waals surface area contributed by atoms with Crippen molar-refractivity contribution >= 4 is 11.5 Å². The Kier molecular flexibility index (Phi) is 6.43. The molecule has 0 heterocycles. The first kappa shape index (κ1) is 19.8. The summed E-state index contributed by atoms with van der Waals surface area (Å²) < 4.78 is 37.1. The summed E-state index contributed by atoms with van der Waals surface area (Å²) in [5.74, 6) is -0.288. The molecule has 0 radical (unpaired) electrons. The van der Waals surface area contributed by atoms with Gasteiger partial charge in [-0.15, -0.1) is 0 Å². The molecule has 3 aromatic rings. The minimum atomic E-state index is -4.38. The molecule has 0 saturated heterocycles. The zero-order valence-electron chi connectivity index (χ0n) is 13.9. The first-order valence-corrected chi connectivity index (χ1v) is 7.75. The van der Waals surface area contributed by atoms with E-state index in [0.717, 1.165) is 12.1 Å². The van der Waals surface area contributed by atoms with E-state index in [1.54, 1.807) is 48.5 Å². The molecule has 138 valence electrons. The molecule has 7 heteroatoms. The molecule has 0 unspecified atom stereocenters. The van der Waals surface area contributed by atoms with Crippen molar-refractivity contribution in [2.45, 2.75) is 6.18 Å². The Bertz CT molecular complexity index is 893. The van der Waals surface area contributed by atoms with Crippen LogP contribution in [0.2, 0.25) is 0 Å². The Morgan fingerprint density at radius 2 is 1.19 bits per heavy atom. The lowest BCUT2D eigenvalue weighted by Crippen LogP contribution is -2.06. The lowest BCUT2D eigenvalue weighted by Gasteiger charge is -2.07. The molecule has 0 amide bonds. The second kappa shape index (κ2) is 8.75. The number of non-ortho nitro benzene ring substituents is 1. The van der Waals surface area contributed by atoms with Gasteiger partial charge in [-0.25, -0.2) is 0 Å². The van der Waals surface area contributed by atoms with E-state index in [2.05, 4.69) is 0 Å². The van der Waals surface area contributed by atoms with Gasteiger partial charge >= 0.3 is 6.18 Å². The zero-order chi connectivity index (χ0) is 19.9. The van der Waals surface area contributed by atoms with Gasteiger partial charge in [-0.2, -0.15) is 13.2 Å². The maximum atomic E-state index is 12.4. The number of para-hydroxylation sites is 1. The summed E-state index contributed by atoms with van der Waals surface area (Å²) in [4.78, 5) is 21.5. The zero-order valence-corrected chi connectivity index (χ0v) is 13.9. The van der Waals surface area contributed by atoms with Gasteiger partial charge in [0.25, 0.3) is 5.69 Å². The lowest BCUT2D eigenvalue weighted by atomic mass is 10.0. The van der Waals surface area contributed by atoms with Gasteiger partial charge in [0.15, 0.2) is 5.78 Å². The SMILES string of the molecule is O=C(c1ccccc1)c1ccc(C(F)(F)F)cc1.O=[N+]([O-])c1ccccc1. The first-order valence-electron chi connectivity index (χ1n) is 7.75. The minimum Gasteiger partial charge on any atom is -0.289 e. The molecule has 0 N–H and O–H groups in total. The molecule has 3 rings (SSSR count). The van der Waals surface area contributed by atoms with E-state index < -0.39 is 16.7 Å². The molecule has 0 aliphatic rings. The van der Waals surface area contributed by atoms with Crippen molar-refractivity contribution in [3.63, 3.8) is 0 Å². The van der Waals surface area contributed by atoms with Crippen molar-refractivity contribution in [2.24, 2.45) is 0 Å². The van der Waals surface area contributed by atoms with Gasteiger partial charge in [-0.05, 0) is 12.1 Å². The van der Waals surface area contributed by atoms with Crippen LogP contribution < -0.4 is 0 Å². The summed E-state index contributed by atoms with van der Waals surface area (Å²) >= 11 is 0. The van der Waals surface area contributed by atoms with E-state index in [0.29, 0.717) is 5.56 Å². The molecule has 0 spiro atoms. The molecule has 0 atom stereocenters. The van der Waals surface area contributed by atoms with Gasteiger partial charge in [-0.3, -0.25) is 14.9 Å². The highest BCUT2D eigenvalue weighted by atomic mass is 19.4. The molecule has 0 saturated carbocycles. The van der Waals surface area contributed by atoms with Gasteiger partial charge in [0, 0.05) is 23.3 Å². The summed E-state index contributed by atoms with van der Waals surface area (Å²) in [6, 6.07) is 20.6. The number of benzene rings is 3. The summed E-state index contributed by atoms with van der Waals surface area (Å²) in [6.07, 6.45) is -4.38. The third-order valence-corrected chi connectivity index (χ3v) is 3.48. The third-order valence-electron chi connectivity index (χ3n) is 3.48. The molecule has 0 aliphatic carbocycles. The quantitative estimate of drug-likeness (QED) is 0.344. The Morgan fingerprint density at radius 3 is 1.59 bits per heavy atom. The van der Waals surface area contributed by atoms with Gasteiger partial charge in [0.1, 0.15) is 0 Å². The lowest BCUT2D eigenvalue weighted by molar-refractivity contribution is -0.384. The van der Waals surface area contributed by atoms with Gasteiger partial charge in [0.2, 0.25) is 0 Å². The van der Waals surface area contributed by atoms with Crippen LogP contribution in [0.3, 0.4) is 0 Å². The van der Waals surface area contributed by atoms with Crippen molar-refractivity contribution < 1.29 is 22.9 Å². The molecular weight excluding hydrogens is 359 g/mol. The standard InChI is InChI=1S/C14H9F3O.C6H5NO2/c15-14(16,17)12-8-6-11(7-9-12)13(18)10-4-2-1-3-5-10;8-7(9)6-4-2-1-3-5-6/h1-9H;1-5H. The number of halogens is 3. The average molecular weight is 373 g/mol. The number of carbonyl (C=O) groups is 1. The predicted molar refractivity (Wildman–Crippen MR) is 94.4 cm³/mol. The highest BCUT2D eigenvalue weighted by Crippen LogP contribution is 2.29. The Balaban J connectivity index is 0.000000244. The van der Waals surface area contributed by atoms with Crippen molar-refractivity contribution in [3.8, 4) is 0 Å². The number of hydrogen-bond acceptors (Lipinski definition) is 3. The Labute approximate surface area is 153 Å². The maximum absolute atomic E-state index is 12.4. The molecule has 0 aliphatic heterocycles. The fraction of sp³-hybridized carbons (Fsp3) is 0.0500. The number of rotatable bonds is 3. The van der Waals surface area contributed by atoms with Crippen LogP contribution in [0.25, 0.3) is 0 Å². The normalized spacial score (nSPS) is 10.5. The van der Waals surface area contributed by atoms with Gasteiger partial charge in [0.05, 0.1) is 10.5 Å². The van der Waals surface area contributed by atoms with Crippen LogP contribution in [0.5, 0.6) is 0 Å².